The summed E-state index contributed by atoms with van der Waals surface area (Å²) in [5.74, 6) is -0.344. The normalized spacial score (nSPS) is 20.4. The fourth-order valence-corrected chi connectivity index (χ4v) is 2.51. The lowest BCUT2D eigenvalue weighted by atomic mass is 9.98. The molecule has 2 N–H and O–H groups in total. The number of hydrogen-bond donors (Lipinski definition) is 2. The minimum atomic E-state index is -0.977. The van der Waals surface area contributed by atoms with Gasteiger partial charge in [0, 0.05) is 19.3 Å². The maximum absolute atomic E-state index is 11.0. The summed E-state index contributed by atoms with van der Waals surface area (Å²) in [4.78, 5) is 21.1. The van der Waals surface area contributed by atoms with E-state index in [9.17, 15) is 4.79 Å². The highest BCUT2D eigenvalue weighted by Crippen LogP contribution is 2.14. The van der Waals surface area contributed by atoms with E-state index in [1.165, 1.54) is 31.9 Å². The molecule has 0 saturated carbocycles. The molecule has 0 amide bonds. The molecule has 0 spiro atoms. The Morgan fingerprint density at radius 1 is 1.63 bits per heavy atom. The van der Waals surface area contributed by atoms with Gasteiger partial charge in [0.15, 0.2) is 0 Å². The van der Waals surface area contributed by atoms with Crippen molar-refractivity contribution in [2.24, 2.45) is 5.92 Å². The lowest BCUT2D eigenvalue weighted by molar-refractivity contribution is 0.0694. The third-order valence-electron chi connectivity index (χ3n) is 3.47. The molecule has 1 saturated heterocycles. The first-order valence-electron chi connectivity index (χ1n) is 6.58. The predicted molar refractivity (Wildman–Crippen MR) is 70.9 cm³/mol. The summed E-state index contributed by atoms with van der Waals surface area (Å²) in [5, 5.41) is 12.3. The van der Waals surface area contributed by atoms with Crippen LogP contribution in [0.1, 0.15) is 28.9 Å². The lowest BCUT2D eigenvalue weighted by Crippen LogP contribution is -2.37. The van der Waals surface area contributed by atoms with Crippen molar-refractivity contribution < 1.29 is 9.90 Å². The Bertz CT molecular complexity index is 438. The van der Waals surface area contributed by atoms with Crippen LogP contribution in [0.15, 0.2) is 12.5 Å². The van der Waals surface area contributed by atoms with E-state index in [0.29, 0.717) is 18.2 Å². The number of nitrogens with one attached hydrogen (secondary N) is 1. The monoisotopic (exact) mass is 264 g/mol. The van der Waals surface area contributed by atoms with E-state index in [-0.39, 0.29) is 5.56 Å². The van der Waals surface area contributed by atoms with E-state index in [4.69, 9.17) is 5.11 Å². The molecule has 1 unspecified atom stereocenters. The predicted octanol–water partition coefficient (Wildman–Crippen LogP) is 0.606. The van der Waals surface area contributed by atoms with Gasteiger partial charge in [0.2, 0.25) is 0 Å². The highest BCUT2D eigenvalue weighted by Gasteiger charge is 2.17. The Morgan fingerprint density at radius 3 is 3.21 bits per heavy atom. The van der Waals surface area contributed by atoms with Crippen molar-refractivity contribution in [1.82, 2.24) is 20.2 Å². The molecule has 1 aromatic heterocycles. The molecule has 0 bridgehead atoms. The van der Waals surface area contributed by atoms with Crippen LogP contribution in [0.5, 0.6) is 0 Å². The van der Waals surface area contributed by atoms with Crippen molar-refractivity contribution in [3.63, 3.8) is 0 Å². The lowest BCUT2D eigenvalue weighted by Gasteiger charge is -2.29. The van der Waals surface area contributed by atoms with Crippen LogP contribution in [0.4, 0.5) is 0 Å². The van der Waals surface area contributed by atoms with Crippen molar-refractivity contribution >= 4 is 5.97 Å². The number of aromatic carboxylic acids is 1. The van der Waals surface area contributed by atoms with Crippen LogP contribution < -0.4 is 5.32 Å². The molecule has 1 aliphatic rings. The van der Waals surface area contributed by atoms with Crippen molar-refractivity contribution in [2.45, 2.75) is 19.4 Å². The number of carbonyl (C=O) groups is 1. The highest BCUT2D eigenvalue weighted by molar-refractivity contribution is 5.88. The summed E-state index contributed by atoms with van der Waals surface area (Å²) in [6.45, 7) is 3.64. The number of piperidine rings is 1. The fourth-order valence-electron chi connectivity index (χ4n) is 2.51. The number of aromatic nitrogens is 2. The number of likely N-dealkylation sites (tertiary alicyclic amines) is 1. The molecule has 2 heterocycles. The fraction of sp³-hybridized carbons (Fsp3) is 0.615. The Kier molecular flexibility index (Phi) is 4.81. The number of rotatable bonds is 5. The van der Waals surface area contributed by atoms with Crippen LogP contribution in [0.2, 0.25) is 0 Å². The van der Waals surface area contributed by atoms with E-state index in [1.807, 2.05) is 0 Å². The van der Waals surface area contributed by atoms with E-state index < -0.39 is 5.97 Å². The maximum Gasteiger partial charge on any atom is 0.339 e. The Labute approximate surface area is 112 Å². The van der Waals surface area contributed by atoms with Gasteiger partial charge in [0.05, 0.1) is 5.69 Å². The zero-order chi connectivity index (χ0) is 13.7. The molecule has 104 valence electrons. The molecular weight excluding hydrogens is 244 g/mol. The topological polar surface area (TPSA) is 78.3 Å². The summed E-state index contributed by atoms with van der Waals surface area (Å²) in [6, 6.07) is 0. The Morgan fingerprint density at radius 2 is 2.47 bits per heavy atom. The van der Waals surface area contributed by atoms with Gasteiger partial charge in [-0.2, -0.15) is 0 Å². The maximum atomic E-state index is 11.0. The average molecular weight is 264 g/mol. The molecule has 1 aromatic rings. The molecular formula is C13H20N4O2. The van der Waals surface area contributed by atoms with Crippen molar-refractivity contribution in [1.29, 1.82) is 0 Å². The van der Waals surface area contributed by atoms with Crippen LogP contribution in [0, 0.1) is 5.92 Å². The molecule has 0 radical (unpaired) electrons. The second-order valence-corrected chi connectivity index (χ2v) is 5.09. The Hall–Kier alpha value is -1.53. The van der Waals surface area contributed by atoms with E-state index >= 15 is 0 Å². The van der Waals surface area contributed by atoms with E-state index in [2.05, 4.69) is 27.2 Å². The van der Waals surface area contributed by atoms with Crippen LogP contribution >= 0.6 is 0 Å². The van der Waals surface area contributed by atoms with Gasteiger partial charge in [0.25, 0.3) is 0 Å². The van der Waals surface area contributed by atoms with E-state index in [0.717, 1.165) is 13.1 Å². The standard InChI is InChI=1S/C13H20N4O2/c1-17-4-2-3-10(8-17)5-14-7-12-11(13(18)19)6-15-9-16-12/h6,9-10,14H,2-5,7-8H2,1H3,(H,18,19). The van der Waals surface area contributed by atoms with Gasteiger partial charge in [-0.3, -0.25) is 0 Å². The van der Waals surface area contributed by atoms with Gasteiger partial charge in [-0.15, -0.1) is 0 Å². The third-order valence-corrected chi connectivity index (χ3v) is 3.47. The summed E-state index contributed by atoms with van der Waals surface area (Å²) < 4.78 is 0. The van der Waals surface area contributed by atoms with Crippen LogP contribution in [-0.2, 0) is 6.54 Å². The number of carboxylic acids is 1. The SMILES string of the molecule is CN1CCCC(CNCc2ncncc2C(=O)O)C1. The smallest absolute Gasteiger partial charge is 0.339 e. The number of nitrogens with zero attached hydrogens (tertiary/aromatic N) is 3. The molecule has 1 fully saturated rings. The first kappa shape index (κ1) is 13.9. The molecule has 1 aliphatic heterocycles. The van der Waals surface area contributed by atoms with Crippen molar-refractivity contribution in [2.75, 3.05) is 26.7 Å². The minimum Gasteiger partial charge on any atom is -0.478 e. The van der Waals surface area contributed by atoms with Gasteiger partial charge in [-0.05, 0) is 38.9 Å². The zero-order valence-corrected chi connectivity index (χ0v) is 11.2. The number of hydrogen-bond acceptors (Lipinski definition) is 5. The van der Waals surface area contributed by atoms with Crippen LogP contribution in [0.25, 0.3) is 0 Å². The molecule has 19 heavy (non-hydrogen) atoms. The van der Waals surface area contributed by atoms with Gasteiger partial charge >= 0.3 is 5.97 Å². The molecule has 6 heteroatoms. The van der Waals surface area contributed by atoms with Gasteiger partial charge in [0.1, 0.15) is 11.9 Å². The summed E-state index contributed by atoms with van der Waals surface area (Å²) in [5.41, 5.74) is 0.724. The quantitative estimate of drug-likeness (QED) is 0.811. The van der Waals surface area contributed by atoms with Crippen LogP contribution in [0.3, 0.4) is 0 Å². The summed E-state index contributed by atoms with van der Waals surface area (Å²) >= 11 is 0. The summed E-state index contributed by atoms with van der Waals surface area (Å²) in [6.07, 6.45) is 5.20. The van der Waals surface area contributed by atoms with Crippen LogP contribution in [-0.4, -0.2) is 52.6 Å². The molecule has 2 rings (SSSR count). The van der Waals surface area contributed by atoms with E-state index in [1.54, 1.807) is 0 Å². The van der Waals surface area contributed by atoms with Gasteiger partial charge in [-0.25, -0.2) is 14.8 Å². The molecule has 1 atom stereocenters. The largest absolute Gasteiger partial charge is 0.478 e. The van der Waals surface area contributed by atoms with Gasteiger partial charge < -0.3 is 15.3 Å². The first-order valence-corrected chi connectivity index (χ1v) is 6.58. The summed E-state index contributed by atoms with van der Waals surface area (Å²) in [7, 11) is 2.14. The minimum absolute atomic E-state index is 0.177. The van der Waals surface area contributed by atoms with Gasteiger partial charge in [-0.1, -0.05) is 0 Å². The molecule has 0 aliphatic carbocycles. The first-order chi connectivity index (χ1) is 9.16. The number of carboxylic acid groups (broad SMARTS) is 1. The highest BCUT2D eigenvalue weighted by atomic mass is 16.4. The zero-order valence-electron chi connectivity index (χ0n) is 11.2. The second kappa shape index (κ2) is 6.58. The average Bonchev–Trinajstić information content (AvgIpc) is 2.39. The third kappa shape index (κ3) is 3.97. The molecule has 6 nitrogen and oxygen atoms in total. The Balaban J connectivity index is 1.84. The molecule has 0 aromatic carbocycles. The second-order valence-electron chi connectivity index (χ2n) is 5.09. The van der Waals surface area contributed by atoms with Crippen molar-refractivity contribution in [3.8, 4) is 0 Å². The van der Waals surface area contributed by atoms with Crippen molar-refractivity contribution in [3.05, 3.63) is 23.8 Å².